The summed E-state index contributed by atoms with van der Waals surface area (Å²) in [6, 6.07) is 6.60. The van der Waals surface area contributed by atoms with Gasteiger partial charge in [0, 0.05) is 38.9 Å². The minimum Gasteiger partial charge on any atom is -0.481 e. The number of ether oxygens (including phenoxy) is 1. The van der Waals surface area contributed by atoms with E-state index >= 15 is 0 Å². The van der Waals surface area contributed by atoms with Crippen molar-refractivity contribution in [2.45, 2.75) is 19.9 Å². The van der Waals surface area contributed by atoms with Gasteiger partial charge in [-0.15, -0.1) is 0 Å². The number of methoxy groups -OCH3 is 1. The van der Waals surface area contributed by atoms with E-state index in [-0.39, 0.29) is 5.82 Å². The van der Waals surface area contributed by atoms with Crippen LogP contribution in [-0.2, 0) is 20.0 Å². The van der Waals surface area contributed by atoms with Gasteiger partial charge in [0.1, 0.15) is 5.82 Å². The molecule has 1 aliphatic rings. The highest BCUT2D eigenvalue weighted by Gasteiger charge is 2.20. The number of nitrogens with two attached hydrogens (primary N) is 1. The van der Waals surface area contributed by atoms with E-state index in [0.717, 1.165) is 55.4 Å². The quantitative estimate of drug-likeness (QED) is 0.638. The van der Waals surface area contributed by atoms with Gasteiger partial charge < -0.3 is 20.3 Å². The third-order valence-electron chi connectivity index (χ3n) is 4.89. The number of aryl methyl sites for hydroxylation is 2. The molecule has 2 heterocycles. The molecule has 1 saturated heterocycles. The van der Waals surface area contributed by atoms with Gasteiger partial charge in [-0.25, -0.2) is 14.1 Å². The Morgan fingerprint density at radius 2 is 1.89 bits per heavy atom. The zero-order valence-electron chi connectivity index (χ0n) is 16.2. The maximum atomic E-state index is 13.1. The maximum absolute atomic E-state index is 13.1. The SMILES string of the molecule is CCc1nn(C)c(OC)c1CN=C(N)N1CCN(c2ccc(F)cc2)CC1. The van der Waals surface area contributed by atoms with E-state index in [0.29, 0.717) is 12.5 Å². The number of hydrogen-bond donors (Lipinski definition) is 1. The molecule has 0 atom stereocenters. The summed E-state index contributed by atoms with van der Waals surface area (Å²) in [5.41, 5.74) is 9.22. The lowest BCUT2D eigenvalue weighted by Crippen LogP contribution is -2.51. The summed E-state index contributed by atoms with van der Waals surface area (Å²) in [6.45, 7) is 5.70. The Bertz CT molecular complexity index is 793. The molecule has 3 rings (SSSR count). The Hall–Kier alpha value is -2.77. The molecular weight excluding hydrogens is 347 g/mol. The van der Waals surface area contributed by atoms with E-state index in [4.69, 9.17) is 10.5 Å². The van der Waals surface area contributed by atoms with Gasteiger partial charge >= 0.3 is 0 Å². The number of benzene rings is 1. The zero-order chi connectivity index (χ0) is 19.4. The topological polar surface area (TPSA) is 71.9 Å². The lowest BCUT2D eigenvalue weighted by Gasteiger charge is -2.36. The summed E-state index contributed by atoms with van der Waals surface area (Å²) in [4.78, 5) is 8.88. The van der Waals surface area contributed by atoms with Crippen molar-refractivity contribution in [2.75, 3.05) is 38.2 Å². The minimum absolute atomic E-state index is 0.217. The molecule has 1 aromatic heterocycles. The van der Waals surface area contributed by atoms with Gasteiger partial charge in [0.25, 0.3) is 0 Å². The first-order chi connectivity index (χ1) is 13.0. The predicted molar refractivity (Wildman–Crippen MR) is 105 cm³/mol. The van der Waals surface area contributed by atoms with Crippen LogP contribution in [0.1, 0.15) is 18.2 Å². The number of aliphatic imine (C=N–C) groups is 1. The van der Waals surface area contributed by atoms with E-state index in [1.54, 1.807) is 11.8 Å². The molecule has 2 N–H and O–H groups in total. The Morgan fingerprint density at radius 3 is 2.48 bits per heavy atom. The Morgan fingerprint density at radius 1 is 1.22 bits per heavy atom. The van der Waals surface area contributed by atoms with Crippen molar-refractivity contribution >= 4 is 11.6 Å². The standard InChI is InChI=1S/C19H27FN6O/c1-4-17-16(18(27-3)24(2)23-17)13-22-19(21)26-11-9-25(10-12-26)15-7-5-14(20)6-8-15/h5-8H,4,9-13H2,1-3H3,(H2,21,22). The number of hydrogen-bond acceptors (Lipinski definition) is 4. The summed E-state index contributed by atoms with van der Waals surface area (Å²) in [5.74, 6) is 1.04. The van der Waals surface area contributed by atoms with Crippen LogP contribution in [0.3, 0.4) is 0 Å². The van der Waals surface area contributed by atoms with Crippen LogP contribution in [0.5, 0.6) is 5.88 Å². The van der Waals surface area contributed by atoms with Crippen LogP contribution in [0.2, 0.25) is 0 Å². The van der Waals surface area contributed by atoms with Crippen LogP contribution < -0.4 is 15.4 Å². The second-order valence-electron chi connectivity index (χ2n) is 6.54. The molecule has 2 aromatic rings. The molecule has 1 fully saturated rings. The molecule has 1 aromatic carbocycles. The fourth-order valence-electron chi connectivity index (χ4n) is 3.41. The van der Waals surface area contributed by atoms with E-state index in [1.807, 2.05) is 19.2 Å². The molecule has 8 heteroatoms. The van der Waals surface area contributed by atoms with Gasteiger partial charge in [0.15, 0.2) is 5.96 Å². The predicted octanol–water partition coefficient (Wildman–Crippen LogP) is 1.77. The second-order valence-corrected chi connectivity index (χ2v) is 6.54. The molecular formula is C19H27FN6O. The number of guanidine groups is 1. The molecule has 0 unspecified atom stereocenters. The summed E-state index contributed by atoms with van der Waals surface area (Å²) in [6.07, 6.45) is 0.818. The fourth-order valence-corrected chi connectivity index (χ4v) is 3.41. The summed E-state index contributed by atoms with van der Waals surface area (Å²) >= 11 is 0. The Labute approximate surface area is 159 Å². The number of nitrogens with zero attached hydrogens (tertiary/aromatic N) is 5. The van der Waals surface area contributed by atoms with Crippen molar-refractivity contribution < 1.29 is 9.13 Å². The number of rotatable bonds is 5. The minimum atomic E-state index is -0.217. The van der Waals surface area contributed by atoms with Crippen molar-refractivity contribution in [2.24, 2.45) is 17.8 Å². The van der Waals surface area contributed by atoms with Gasteiger partial charge in [-0.05, 0) is 30.7 Å². The van der Waals surface area contributed by atoms with Gasteiger partial charge in [-0.2, -0.15) is 5.10 Å². The van der Waals surface area contributed by atoms with Gasteiger partial charge in [0.2, 0.25) is 5.88 Å². The van der Waals surface area contributed by atoms with Crippen molar-refractivity contribution in [1.82, 2.24) is 14.7 Å². The molecule has 0 spiro atoms. The second kappa shape index (κ2) is 8.28. The number of anilines is 1. The monoisotopic (exact) mass is 374 g/mol. The molecule has 0 radical (unpaired) electrons. The van der Waals surface area contributed by atoms with Crippen LogP contribution in [-0.4, -0.2) is 53.9 Å². The number of halogens is 1. The van der Waals surface area contributed by atoms with Gasteiger partial charge in [-0.1, -0.05) is 6.92 Å². The van der Waals surface area contributed by atoms with Crippen LogP contribution in [0.25, 0.3) is 0 Å². The molecule has 0 saturated carbocycles. The number of aromatic nitrogens is 2. The first kappa shape index (κ1) is 19.0. The average Bonchev–Trinajstić information content (AvgIpc) is 3.01. The highest BCUT2D eigenvalue weighted by atomic mass is 19.1. The van der Waals surface area contributed by atoms with E-state index in [1.165, 1.54) is 12.1 Å². The fraction of sp³-hybridized carbons (Fsp3) is 0.474. The molecule has 0 bridgehead atoms. The molecule has 7 nitrogen and oxygen atoms in total. The van der Waals surface area contributed by atoms with Crippen molar-refractivity contribution in [3.63, 3.8) is 0 Å². The maximum Gasteiger partial charge on any atom is 0.216 e. The Balaban J connectivity index is 1.62. The van der Waals surface area contributed by atoms with E-state index in [2.05, 4.69) is 26.8 Å². The third-order valence-corrected chi connectivity index (χ3v) is 4.89. The lowest BCUT2D eigenvalue weighted by atomic mass is 10.2. The first-order valence-corrected chi connectivity index (χ1v) is 9.17. The van der Waals surface area contributed by atoms with Crippen molar-refractivity contribution in [3.05, 3.63) is 41.3 Å². The highest BCUT2D eigenvalue weighted by Crippen LogP contribution is 2.23. The third kappa shape index (κ3) is 4.15. The van der Waals surface area contributed by atoms with E-state index in [9.17, 15) is 4.39 Å². The molecule has 0 aliphatic carbocycles. The molecule has 1 aliphatic heterocycles. The lowest BCUT2D eigenvalue weighted by molar-refractivity contribution is 0.368. The van der Waals surface area contributed by atoms with Gasteiger partial charge in [0.05, 0.1) is 24.9 Å². The smallest absolute Gasteiger partial charge is 0.216 e. The molecule has 146 valence electrons. The summed E-state index contributed by atoms with van der Waals surface area (Å²) < 4.78 is 20.3. The molecule has 0 amide bonds. The normalized spacial score (nSPS) is 15.3. The van der Waals surface area contributed by atoms with E-state index < -0.39 is 0 Å². The van der Waals surface area contributed by atoms with Crippen LogP contribution in [0, 0.1) is 5.82 Å². The zero-order valence-corrected chi connectivity index (χ0v) is 16.2. The van der Waals surface area contributed by atoms with Crippen LogP contribution in [0.4, 0.5) is 10.1 Å². The van der Waals surface area contributed by atoms with Crippen molar-refractivity contribution in [3.8, 4) is 5.88 Å². The van der Waals surface area contributed by atoms with Crippen molar-refractivity contribution in [1.29, 1.82) is 0 Å². The largest absolute Gasteiger partial charge is 0.481 e. The van der Waals surface area contributed by atoms with Crippen LogP contribution in [0.15, 0.2) is 29.3 Å². The average molecular weight is 374 g/mol. The number of piperazine rings is 1. The van der Waals surface area contributed by atoms with Gasteiger partial charge in [-0.3, -0.25) is 0 Å². The Kier molecular flexibility index (Phi) is 5.83. The first-order valence-electron chi connectivity index (χ1n) is 9.17. The summed E-state index contributed by atoms with van der Waals surface area (Å²) in [5, 5.41) is 4.47. The van der Waals surface area contributed by atoms with Crippen LogP contribution >= 0.6 is 0 Å². The summed E-state index contributed by atoms with van der Waals surface area (Å²) in [7, 11) is 3.50. The molecule has 27 heavy (non-hydrogen) atoms. The highest BCUT2D eigenvalue weighted by molar-refractivity contribution is 5.78.